The number of amides is 8. The molecule has 8 amide bonds. The number of nitrogens with one attached hydrogen (secondary N) is 6. The first-order valence-corrected chi connectivity index (χ1v) is 25.2. The van der Waals surface area contributed by atoms with Crippen LogP contribution in [0.2, 0.25) is 0 Å². The molecule has 404 valence electrons. The molecule has 0 saturated heterocycles. The zero-order valence-corrected chi connectivity index (χ0v) is 42.4. The number of hydrogen-bond acceptors (Lipinski definition) is 14. The lowest BCUT2D eigenvalue weighted by Crippen LogP contribution is -2.52. The third kappa shape index (κ3) is 11.8. The van der Waals surface area contributed by atoms with Crippen LogP contribution in [-0.2, 0) is 84.2 Å². The molecule has 8 rings (SSSR count). The van der Waals surface area contributed by atoms with E-state index < -0.39 is 103 Å². The Labute approximate surface area is 440 Å². The lowest BCUT2D eigenvalue weighted by molar-refractivity contribution is -0.172. The number of halogens is 1. The first-order chi connectivity index (χ1) is 36.9. The molecule has 0 unspecified atom stereocenters. The highest BCUT2D eigenvalue weighted by atomic mass is 19.1. The zero-order chi connectivity index (χ0) is 55.1. The van der Waals surface area contributed by atoms with Crippen LogP contribution in [0.3, 0.4) is 0 Å². The van der Waals surface area contributed by atoms with Crippen molar-refractivity contribution in [3.05, 3.63) is 122 Å². The van der Waals surface area contributed by atoms with Gasteiger partial charge in [-0.15, -0.1) is 0 Å². The molecule has 2 aromatic heterocycles. The zero-order valence-electron chi connectivity index (χ0n) is 42.4. The number of unbranched alkanes of at least 4 members (excludes halogenated alkanes) is 2. The van der Waals surface area contributed by atoms with Crippen LogP contribution in [-0.4, -0.2) is 118 Å². The lowest BCUT2D eigenvalue weighted by Gasteiger charge is -2.31. The molecule has 4 atom stereocenters. The molecular formula is C54H58FN9O13. The number of aliphatic hydroxyl groups is 1. The van der Waals surface area contributed by atoms with Crippen molar-refractivity contribution < 1.29 is 62.1 Å². The predicted molar refractivity (Wildman–Crippen MR) is 272 cm³/mol. The quantitative estimate of drug-likeness (QED) is 0.0157. The summed E-state index contributed by atoms with van der Waals surface area (Å²) in [5.74, 6) is -5.96. The van der Waals surface area contributed by atoms with E-state index >= 15 is 4.39 Å². The Balaban J connectivity index is 0.831. The SMILES string of the molecule is C=C[C@@H](OCNC(=O)CNC(=O)[C@H](Cc1ccccc1)NC(=O)CNC(=O)CNC(=O)CCCCCN1C(=O)C=CC1=O)C(=O)N[C@H]1CCc2c(C)c(F)cc3nc4c(c1c23)Cn1c-4cc2c(c1=O)COC(=O)[C@]2(O)CC. The lowest BCUT2D eigenvalue weighted by atomic mass is 9.81. The molecule has 0 radical (unpaired) electrons. The Morgan fingerprint density at radius 2 is 1.60 bits per heavy atom. The summed E-state index contributed by atoms with van der Waals surface area (Å²) < 4.78 is 27.9. The minimum absolute atomic E-state index is 0.0237. The van der Waals surface area contributed by atoms with Gasteiger partial charge in [0.2, 0.25) is 29.5 Å². The summed E-state index contributed by atoms with van der Waals surface area (Å²) in [5, 5.41) is 27.4. The van der Waals surface area contributed by atoms with Crippen molar-refractivity contribution in [2.24, 2.45) is 0 Å². The summed E-state index contributed by atoms with van der Waals surface area (Å²) in [7, 11) is 0. The van der Waals surface area contributed by atoms with Crippen LogP contribution in [0.5, 0.6) is 0 Å². The molecular weight excluding hydrogens is 1000 g/mol. The summed E-state index contributed by atoms with van der Waals surface area (Å²) >= 11 is 0. The smallest absolute Gasteiger partial charge is 0.343 e. The Morgan fingerprint density at radius 3 is 2.32 bits per heavy atom. The number of imide groups is 1. The molecule has 2 aromatic carbocycles. The Hall–Kier alpha value is -8.44. The van der Waals surface area contributed by atoms with E-state index in [1.807, 2.05) is 0 Å². The van der Waals surface area contributed by atoms with Crippen molar-refractivity contribution in [3.63, 3.8) is 0 Å². The fraction of sp³-hybridized carbons (Fsp3) is 0.389. The number of fused-ring (bicyclic) bond motifs is 5. The Bertz CT molecular complexity index is 3180. The van der Waals surface area contributed by atoms with Gasteiger partial charge in [0, 0.05) is 54.1 Å². The highest BCUT2D eigenvalue weighted by Crippen LogP contribution is 2.46. The molecule has 0 fully saturated rings. The van der Waals surface area contributed by atoms with E-state index in [2.05, 4.69) is 38.5 Å². The largest absolute Gasteiger partial charge is 0.458 e. The van der Waals surface area contributed by atoms with E-state index in [0.29, 0.717) is 76.7 Å². The summed E-state index contributed by atoms with van der Waals surface area (Å²) in [6.07, 6.45) is 4.64. The number of nitrogens with zero attached hydrogens (tertiary/aromatic N) is 3. The van der Waals surface area contributed by atoms with Crippen LogP contribution >= 0.6 is 0 Å². The normalized spacial score (nSPS) is 17.6. The molecule has 77 heavy (non-hydrogen) atoms. The van der Waals surface area contributed by atoms with Gasteiger partial charge in [-0.3, -0.25) is 48.1 Å². The van der Waals surface area contributed by atoms with Crippen LogP contribution in [0.1, 0.15) is 90.4 Å². The molecule has 23 heteroatoms. The number of benzene rings is 2. The van der Waals surface area contributed by atoms with Gasteiger partial charge in [-0.05, 0) is 67.3 Å². The average Bonchev–Trinajstić information content (AvgIpc) is 4.03. The number of aryl methyl sites for hydroxylation is 1. The van der Waals surface area contributed by atoms with Crippen molar-refractivity contribution in [3.8, 4) is 11.4 Å². The summed E-state index contributed by atoms with van der Waals surface area (Å²) in [4.78, 5) is 134. The number of esters is 1. The van der Waals surface area contributed by atoms with Crippen LogP contribution in [0, 0.1) is 12.7 Å². The molecule has 3 aliphatic heterocycles. The molecule has 4 aliphatic rings. The van der Waals surface area contributed by atoms with Crippen molar-refractivity contribution in [2.75, 3.05) is 32.9 Å². The van der Waals surface area contributed by atoms with Gasteiger partial charge in [-0.25, -0.2) is 14.2 Å². The van der Waals surface area contributed by atoms with Crippen molar-refractivity contribution in [1.29, 1.82) is 0 Å². The van der Waals surface area contributed by atoms with Crippen LogP contribution < -0.4 is 37.5 Å². The van der Waals surface area contributed by atoms with Crippen LogP contribution in [0.25, 0.3) is 22.3 Å². The second-order valence-corrected chi connectivity index (χ2v) is 19.0. The number of carbonyl (C=O) groups excluding carboxylic acids is 9. The molecule has 4 aromatic rings. The van der Waals surface area contributed by atoms with Crippen molar-refractivity contribution in [2.45, 2.75) is 102 Å². The summed E-state index contributed by atoms with van der Waals surface area (Å²) in [5.41, 5.74) is 1.64. The molecule has 7 N–H and O–H groups in total. The molecule has 0 saturated carbocycles. The number of hydrogen-bond donors (Lipinski definition) is 7. The van der Waals surface area contributed by atoms with E-state index in [4.69, 9.17) is 14.5 Å². The first-order valence-electron chi connectivity index (χ1n) is 25.2. The standard InChI is InChI=1S/C54H58FN9O13/c1-4-40(51(72)62-36-16-15-31-29(3)35(55)22-37-47(31)48(36)32-26-64-39(49(32)61-37)21-34-33(52(64)73)27-76-53(74)54(34,75)5-2)77-28-59-43(67)24-58-50(71)38(20-30-12-8-6-9-13-30)60-44(68)25-57-42(66)23-56-41(65)14-10-7-11-19-63-45(69)17-18-46(63)70/h4,6,8-9,12-13,17-18,21-22,36,38,40,75H,1,5,7,10-11,14-16,19-20,23-28H2,2-3H3,(H,56,65)(H,57,66)(H,58,71)(H,59,67)(H,60,68)(H,62,72)/t36-,38-,40+,54-/m0/s1. The molecule has 0 spiro atoms. The van der Waals surface area contributed by atoms with E-state index in [0.717, 1.165) is 4.90 Å². The number of carbonyl (C=O) groups is 9. The predicted octanol–water partition coefficient (Wildman–Crippen LogP) is 0.837. The average molecular weight is 1060 g/mol. The maximum Gasteiger partial charge on any atom is 0.343 e. The number of rotatable bonds is 23. The van der Waals surface area contributed by atoms with Gasteiger partial charge in [-0.1, -0.05) is 56.3 Å². The second kappa shape index (κ2) is 23.6. The van der Waals surface area contributed by atoms with Gasteiger partial charge in [0.05, 0.1) is 54.7 Å². The number of ether oxygens (including phenoxy) is 2. The first kappa shape index (κ1) is 54.8. The third-order valence-corrected chi connectivity index (χ3v) is 14.1. The van der Waals surface area contributed by atoms with Crippen molar-refractivity contribution >= 4 is 64.1 Å². The molecule has 0 bridgehead atoms. The van der Waals surface area contributed by atoms with Gasteiger partial charge in [0.1, 0.15) is 25.2 Å². The second-order valence-electron chi connectivity index (χ2n) is 19.0. The molecule has 22 nitrogen and oxygen atoms in total. The third-order valence-electron chi connectivity index (χ3n) is 14.1. The highest BCUT2D eigenvalue weighted by Gasteiger charge is 2.46. The Morgan fingerprint density at radius 1 is 0.896 bits per heavy atom. The number of cyclic esters (lactones) is 1. The maximum atomic E-state index is 15.4. The number of aromatic nitrogens is 2. The minimum Gasteiger partial charge on any atom is -0.458 e. The van der Waals surface area contributed by atoms with Gasteiger partial charge in [0.15, 0.2) is 11.7 Å². The monoisotopic (exact) mass is 1060 g/mol. The van der Waals surface area contributed by atoms with Crippen molar-refractivity contribution in [1.82, 2.24) is 46.4 Å². The summed E-state index contributed by atoms with van der Waals surface area (Å²) in [6.45, 7) is 4.95. The number of pyridine rings is 2. The van der Waals surface area contributed by atoms with Crippen LogP contribution in [0.15, 0.2) is 72.1 Å². The van der Waals surface area contributed by atoms with Crippen LogP contribution in [0.4, 0.5) is 4.39 Å². The maximum absolute atomic E-state index is 15.4. The Kier molecular flexibility index (Phi) is 16.8. The van der Waals surface area contributed by atoms with Gasteiger partial charge < -0.3 is 51.0 Å². The van der Waals surface area contributed by atoms with E-state index in [-0.39, 0.29) is 67.4 Å². The van der Waals surface area contributed by atoms with Gasteiger partial charge in [0.25, 0.3) is 23.3 Å². The topological polar surface area (TPSA) is 303 Å². The van der Waals surface area contributed by atoms with Gasteiger partial charge in [-0.2, -0.15) is 0 Å². The fourth-order valence-corrected chi connectivity index (χ4v) is 9.97. The summed E-state index contributed by atoms with van der Waals surface area (Å²) in [6, 6.07) is 9.71. The highest BCUT2D eigenvalue weighted by molar-refractivity contribution is 6.12. The molecule has 5 heterocycles. The van der Waals surface area contributed by atoms with E-state index in [9.17, 15) is 53.1 Å². The van der Waals surface area contributed by atoms with E-state index in [1.165, 1.54) is 28.9 Å². The van der Waals surface area contributed by atoms with Gasteiger partial charge >= 0.3 is 5.97 Å². The fourth-order valence-electron chi connectivity index (χ4n) is 9.97. The van der Waals surface area contributed by atoms with E-state index in [1.54, 1.807) is 50.2 Å². The molecule has 1 aliphatic carbocycles. The minimum atomic E-state index is -2.07.